The smallest absolute Gasteiger partial charge is 0.222 e. The van der Waals surface area contributed by atoms with Gasteiger partial charge in [0.1, 0.15) is 5.82 Å². The standard InChI is InChI=1S/C21H21BrN6/c1-13(2)11-28-12-15(10-24-28)14-6-7-19-18(8-14)20(27-21(23)26-19)25-17-5-3-4-16(22)9-17/h3-10,12-13H,11H2,1-2H3,(H3,23,25,26,27). The molecule has 0 atom stereocenters. The Bertz CT molecular complexity index is 1130. The third-order valence-electron chi connectivity index (χ3n) is 4.32. The Morgan fingerprint density at radius 1 is 1.11 bits per heavy atom. The molecule has 0 unspecified atom stereocenters. The average Bonchev–Trinajstić information content (AvgIpc) is 3.09. The summed E-state index contributed by atoms with van der Waals surface area (Å²) in [7, 11) is 0. The number of nitrogen functional groups attached to an aromatic ring is 1. The van der Waals surface area contributed by atoms with Crippen LogP contribution < -0.4 is 11.1 Å². The summed E-state index contributed by atoms with van der Waals surface area (Å²) < 4.78 is 2.96. The Morgan fingerprint density at radius 2 is 1.96 bits per heavy atom. The van der Waals surface area contributed by atoms with Crippen molar-refractivity contribution >= 4 is 44.3 Å². The summed E-state index contributed by atoms with van der Waals surface area (Å²) in [6, 6.07) is 14.0. The molecule has 4 aromatic rings. The van der Waals surface area contributed by atoms with E-state index in [4.69, 9.17) is 5.73 Å². The van der Waals surface area contributed by atoms with Gasteiger partial charge in [0, 0.05) is 33.9 Å². The van der Waals surface area contributed by atoms with Crippen LogP contribution in [0.4, 0.5) is 17.5 Å². The van der Waals surface area contributed by atoms with E-state index in [1.165, 1.54) is 0 Å². The first-order valence-electron chi connectivity index (χ1n) is 9.10. The highest BCUT2D eigenvalue weighted by molar-refractivity contribution is 9.10. The van der Waals surface area contributed by atoms with E-state index in [2.05, 4.69) is 62.4 Å². The predicted octanol–water partition coefficient (Wildman–Crippen LogP) is 5.24. The summed E-state index contributed by atoms with van der Waals surface area (Å²) in [5.74, 6) is 1.46. The molecule has 0 saturated heterocycles. The van der Waals surface area contributed by atoms with Gasteiger partial charge in [-0.2, -0.15) is 10.1 Å². The second-order valence-electron chi connectivity index (χ2n) is 7.14. The van der Waals surface area contributed by atoms with Gasteiger partial charge < -0.3 is 11.1 Å². The zero-order valence-electron chi connectivity index (χ0n) is 15.7. The van der Waals surface area contributed by atoms with Gasteiger partial charge in [-0.05, 0) is 41.8 Å². The number of nitrogens with zero attached hydrogens (tertiary/aromatic N) is 4. The van der Waals surface area contributed by atoms with Crippen molar-refractivity contribution < 1.29 is 0 Å². The van der Waals surface area contributed by atoms with Crippen LogP contribution >= 0.6 is 15.9 Å². The molecule has 0 bridgehead atoms. The zero-order valence-corrected chi connectivity index (χ0v) is 17.3. The van der Waals surface area contributed by atoms with Crippen molar-refractivity contribution in [1.29, 1.82) is 0 Å². The molecule has 28 heavy (non-hydrogen) atoms. The molecule has 142 valence electrons. The Kier molecular flexibility index (Phi) is 5.00. The fourth-order valence-corrected chi connectivity index (χ4v) is 3.51. The van der Waals surface area contributed by atoms with Crippen LogP contribution in [0.3, 0.4) is 0 Å². The quantitative estimate of drug-likeness (QED) is 0.447. The molecule has 2 heterocycles. The van der Waals surface area contributed by atoms with Gasteiger partial charge in [-0.1, -0.05) is 41.9 Å². The first-order valence-corrected chi connectivity index (χ1v) is 9.90. The minimum Gasteiger partial charge on any atom is -0.368 e. The first kappa shape index (κ1) is 18.4. The number of rotatable bonds is 5. The lowest BCUT2D eigenvalue weighted by Crippen LogP contribution is -2.04. The van der Waals surface area contributed by atoms with E-state index in [0.29, 0.717) is 11.7 Å². The number of benzene rings is 2. The Hall–Kier alpha value is -2.93. The molecule has 3 N–H and O–H groups in total. The summed E-state index contributed by atoms with van der Waals surface area (Å²) in [6.45, 7) is 5.25. The third-order valence-corrected chi connectivity index (χ3v) is 4.81. The van der Waals surface area contributed by atoms with Crippen molar-refractivity contribution in [2.75, 3.05) is 11.1 Å². The van der Waals surface area contributed by atoms with E-state index in [1.54, 1.807) is 0 Å². The molecular weight excluding hydrogens is 416 g/mol. The van der Waals surface area contributed by atoms with Gasteiger partial charge in [0.2, 0.25) is 5.95 Å². The molecule has 0 amide bonds. The van der Waals surface area contributed by atoms with Gasteiger partial charge in [-0.25, -0.2) is 4.98 Å². The van der Waals surface area contributed by atoms with Crippen LogP contribution in [0.1, 0.15) is 13.8 Å². The molecule has 2 aromatic carbocycles. The van der Waals surface area contributed by atoms with Gasteiger partial charge in [0.25, 0.3) is 0 Å². The van der Waals surface area contributed by atoms with E-state index in [1.807, 2.05) is 47.3 Å². The predicted molar refractivity (Wildman–Crippen MR) is 117 cm³/mol. The topological polar surface area (TPSA) is 81.7 Å². The van der Waals surface area contributed by atoms with E-state index >= 15 is 0 Å². The summed E-state index contributed by atoms with van der Waals surface area (Å²) in [6.07, 6.45) is 3.96. The molecule has 6 nitrogen and oxygen atoms in total. The number of hydrogen-bond donors (Lipinski definition) is 2. The van der Waals surface area contributed by atoms with Crippen LogP contribution in [-0.4, -0.2) is 19.7 Å². The van der Waals surface area contributed by atoms with Crippen LogP contribution in [0.2, 0.25) is 0 Å². The highest BCUT2D eigenvalue weighted by atomic mass is 79.9. The van der Waals surface area contributed by atoms with Crippen LogP contribution in [0.5, 0.6) is 0 Å². The molecule has 4 rings (SSSR count). The monoisotopic (exact) mass is 436 g/mol. The number of aromatic nitrogens is 4. The number of nitrogens with two attached hydrogens (primary N) is 1. The minimum atomic E-state index is 0.238. The lowest BCUT2D eigenvalue weighted by atomic mass is 10.1. The minimum absolute atomic E-state index is 0.238. The lowest BCUT2D eigenvalue weighted by Gasteiger charge is -2.11. The van der Waals surface area contributed by atoms with Crippen LogP contribution in [-0.2, 0) is 6.54 Å². The highest BCUT2D eigenvalue weighted by Gasteiger charge is 2.10. The summed E-state index contributed by atoms with van der Waals surface area (Å²) in [4.78, 5) is 8.80. The third kappa shape index (κ3) is 3.99. The maximum atomic E-state index is 5.92. The second kappa shape index (κ2) is 7.59. The molecule has 0 aliphatic heterocycles. The Labute approximate surface area is 171 Å². The molecule has 2 aromatic heterocycles. The second-order valence-corrected chi connectivity index (χ2v) is 8.06. The fraction of sp³-hybridized carbons (Fsp3) is 0.190. The summed E-state index contributed by atoms with van der Waals surface area (Å²) in [5, 5.41) is 8.73. The molecule has 0 spiro atoms. The van der Waals surface area contributed by atoms with Crippen LogP contribution in [0.25, 0.3) is 22.0 Å². The van der Waals surface area contributed by atoms with Crippen molar-refractivity contribution in [2.45, 2.75) is 20.4 Å². The molecule has 0 saturated carbocycles. The summed E-state index contributed by atoms with van der Waals surface area (Å²) >= 11 is 3.49. The fourth-order valence-electron chi connectivity index (χ4n) is 3.11. The SMILES string of the molecule is CC(C)Cn1cc(-c2ccc3nc(N)nc(Nc4cccc(Br)c4)c3c2)cn1. The Morgan fingerprint density at radius 3 is 2.75 bits per heavy atom. The Balaban J connectivity index is 1.75. The van der Waals surface area contributed by atoms with Gasteiger partial charge in [-0.15, -0.1) is 0 Å². The zero-order chi connectivity index (χ0) is 19.7. The summed E-state index contributed by atoms with van der Waals surface area (Å²) in [5.41, 5.74) is 9.76. The molecule has 0 aliphatic carbocycles. The van der Waals surface area contributed by atoms with E-state index in [0.717, 1.165) is 38.7 Å². The van der Waals surface area contributed by atoms with Crippen molar-refractivity contribution in [3.05, 3.63) is 59.3 Å². The average molecular weight is 437 g/mol. The van der Waals surface area contributed by atoms with E-state index < -0.39 is 0 Å². The lowest BCUT2D eigenvalue weighted by molar-refractivity contribution is 0.483. The molecular formula is C21H21BrN6. The van der Waals surface area contributed by atoms with Crippen molar-refractivity contribution in [3.63, 3.8) is 0 Å². The number of nitrogens with one attached hydrogen (secondary N) is 1. The van der Waals surface area contributed by atoms with Crippen molar-refractivity contribution in [3.8, 4) is 11.1 Å². The number of halogens is 1. The molecule has 7 heteroatoms. The number of hydrogen-bond acceptors (Lipinski definition) is 5. The maximum Gasteiger partial charge on any atom is 0.222 e. The number of fused-ring (bicyclic) bond motifs is 1. The molecule has 0 fully saturated rings. The van der Waals surface area contributed by atoms with Gasteiger partial charge >= 0.3 is 0 Å². The maximum absolute atomic E-state index is 5.92. The van der Waals surface area contributed by atoms with Gasteiger partial charge in [-0.3, -0.25) is 4.68 Å². The normalized spacial score (nSPS) is 11.3. The number of anilines is 3. The van der Waals surface area contributed by atoms with Crippen LogP contribution in [0, 0.1) is 5.92 Å². The first-order chi connectivity index (χ1) is 13.5. The largest absolute Gasteiger partial charge is 0.368 e. The van der Waals surface area contributed by atoms with E-state index in [9.17, 15) is 0 Å². The molecule has 0 aliphatic rings. The van der Waals surface area contributed by atoms with Crippen molar-refractivity contribution in [2.24, 2.45) is 5.92 Å². The van der Waals surface area contributed by atoms with Crippen molar-refractivity contribution in [1.82, 2.24) is 19.7 Å². The molecule has 0 radical (unpaired) electrons. The van der Waals surface area contributed by atoms with Crippen LogP contribution in [0.15, 0.2) is 59.3 Å². The van der Waals surface area contributed by atoms with Gasteiger partial charge in [0.15, 0.2) is 0 Å². The van der Waals surface area contributed by atoms with E-state index in [-0.39, 0.29) is 5.95 Å². The highest BCUT2D eigenvalue weighted by Crippen LogP contribution is 2.30. The van der Waals surface area contributed by atoms with Gasteiger partial charge in [0.05, 0.1) is 11.7 Å².